The molecule has 1 amide bonds. The highest BCUT2D eigenvalue weighted by atomic mass is 32.2. The molecule has 0 atom stereocenters. The fourth-order valence-electron chi connectivity index (χ4n) is 2.45. The number of carbonyl (C=O) groups excluding carboxylic acids is 1. The standard InChI is InChI=1S/C18H14F2N2O3S2/c1-11-21-15(10-26-11)12-5-4-6-13(9-12)22-17(23)14-7-2-3-8-16(14)27(24,25)18(19)20/h2-10,18H,1H3,(H,22,23). The molecule has 0 saturated carbocycles. The number of aryl methyl sites for hydroxylation is 1. The molecule has 0 unspecified atom stereocenters. The number of thiazole rings is 1. The van der Waals surface area contributed by atoms with Crippen molar-refractivity contribution in [3.8, 4) is 11.3 Å². The van der Waals surface area contributed by atoms with Crippen molar-refractivity contribution >= 4 is 32.8 Å². The summed E-state index contributed by atoms with van der Waals surface area (Å²) in [7, 11) is -4.90. The quantitative estimate of drug-likeness (QED) is 0.680. The molecule has 27 heavy (non-hydrogen) atoms. The zero-order valence-corrected chi connectivity index (χ0v) is 15.7. The third-order valence-corrected chi connectivity index (χ3v) is 5.92. The number of hydrogen-bond acceptors (Lipinski definition) is 5. The number of benzene rings is 2. The molecule has 1 aromatic heterocycles. The van der Waals surface area contributed by atoms with Crippen molar-refractivity contribution in [1.29, 1.82) is 0 Å². The summed E-state index contributed by atoms with van der Waals surface area (Å²) in [5.41, 5.74) is 1.57. The molecule has 9 heteroatoms. The fourth-order valence-corrected chi connectivity index (χ4v) is 4.00. The monoisotopic (exact) mass is 408 g/mol. The van der Waals surface area contributed by atoms with Crippen LogP contribution in [0, 0.1) is 6.92 Å². The van der Waals surface area contributed by atoms with Gasteiger partial charge in [0.1, 0.15) is 0 Å². The maximum Gasteiger partial charge on any atom is 0.341 e. The van der Waals surface area contributed by atoms with E-state index in [-0.39, 0.29) is 5.56 Å². The minimum Gasteiger partial charge on any atom is -0.322 e. The lowest BCUT2D eigenvalue weighted by Gasteiger charge is -2.11. The van der Waals surface area contributed by atoms with Gasteiger partial charge in [0.25, 0.3) is 5.91 Å². The Bertz CT molecular complexity index is 1100. The summed E-state index contributed by atoms with van der Waals surface area (Å²) >= 11 is 1.49. The highest BCUT2D eigenvalue weighted by Gasteiger charge is 2.30. The van der Waals surface area contributed by atoms with Crippen LogP contribution in [0.5, 0.6) is 0 Å². The molecule has 5 nitrogen and oxygen atoms in total. The number of rotatable bonds is 5. The van der Waals surface area contributed by atoms with Crippen LogP contribution in [0.2, 0.25) is 0 Å². The number of sulfone groups is 1. The number of hydrogen-bond donors (Lipinski definition) is 1. The first-order valence-electron chi connectivity index (χ1n) is 7.74. The van der Waals surface area contributed by atoms with Crippen LogP contribution in [-0.2, 0) is 9.84 Å². The minimum absolute atomic E-state index is 0.340. The van der Waals surface area contributed by atoms with E-state index in [1.807, 2.05) is 18.4 Å². The number of amides is 1. The Morgan fingerprint density at radius 1 is 1.15 bits per heavy atom. The fraction of sp³-hybridized carbons (Fsp3) is 0.111. The Labute approximate surface area is 158 Å². The molecular weight excluding hydrogens is 394 g/mol. The molecule has 1 N–H and O–H groups in total. The molecule has 0 fully saturated rings. The Hall–Kier alpha value is -2.65. The normalized spacial score (nSPS) is 11.6. The van der Waals surface area contributed by atoms with Crippen molar-refractivity contribution in [2.75, 3.05) is 5.32 Å². The molecule has 2 aromatic carbocycles. The van der Waals surface area contributed by atoms with Crippen molar-refractivity contribution in [2.45, 2.75) is 17.6 Å². The van der Waals surface area contributed by atoms with Crippen molar-refractivity contribution in [3.05, 3.63) is 64.5 Å². The third kappa shape index (κ3) is 4.04. The maximum atomic E-state index is 12.9. The lowest BCUT2D eigenvalue weighted by atomic mass is 10.1. The molecule has 0 radical (unpaired) electrons. The smallest absolute Gasteiger partial charge is 0.322 e. The van der Waals surface area contributed by atoms with Crippen LogP contribution in [0.1, 0.15) is 15.4 Å². The van der Waals surface area contributed by atoms with E-state index in [2.05, 4.69) is 10.3 Å². The van der Waals surface area contributed by atoms with Gasteiger partial charge in [-0.1, -0.05) is 24.3 Å². The summed E-state index contributed by atoms with van der Waals surface area (Å²) in [5.74, 6) is -4.40. The van der Waals surface area contributed by atoms with Crippen LogP contribution in [0.3, 0.4) is 0 Å². The maximum absolute atomic E-state index is 12.9. The third-order valence-electron chi connectivity index (χ3n) is 3.71. The highest BCUT2D eigenvalue weighted by molar-refractivity contribution is 7.91. The Kier molecular flexibility index (Phi) is 5.33. The molecule has 0 bridgehead atoms. The second-order valence-electron chi connectivity index (χ2n) is 5.59. The predicted octanol–water partition coefficient (Wildman–Crippen LogP) is 4.37. The van der Waals surface area contributed by atoms with Gasteiger partial charge in [-0.3, -0.25) is 4.79 Å². The lowest BCUT2D eigenvalue weighted by Crippen LogP contribution is -2.19. The number of alkyl halides is 2. The summed E-state index contributed by atoms with van der Waals surface area (Å²) < 4.78 is 49.4. The summed E-state index contributed by atoms with van der Waals surface area (Å²) in [6.45, 7) is 1.88. The van der Waals surface area contributed by atoms with Crippen molar-refractivity contribution < 1.29 is 22.0 Å². The van der Waals surface area contributed by atoms with E-state index in [9.17, 15) is 22.0 Å². The van der Waals surface area contributed by atoms with E-state index in [0.29, 0.717) is 5.69 Å². The molecular formula is C18H14F2N2O3S2. The zero-order valence-electron chi connectivity index (χ0n) is 14.0. The van der Waals surface area contributed by atoms with Gasteiger partial charge >= 0.3 is 5.76 Å². The van der Waals surface area contributed by atoms with Crippen LogP contribution in [0.25, 0.3) is 11.3 Å². The molecule has 0 aliphatic carbocycles. The summed E-state index contributed by atoms with van der Waals surface area (Å²) in [6.07, 6.45) is 0. The van der Waals surface area contributed by atoms with E-state index in [1.54, 1.807) is 18.2 Å². The molecule has 0 spiro atoms. The van der Waals surface area contributed by atoms with Gasteiger partial charge in [-0.2, -0.15) is 8.78 Å². The van der Waals surface area contributed by atoms with Gasteiger partial charge in [-0.15, -0.1) is 11.3 Å². The molecule has 1 heterocycles. The minimum atomic E-state index is -4.90. The number of anilines is 1. The number of nitrogens with zero attached hydrogens (tertiary/aromatic N) is 1. The van der Waals surface area contributed by atoms with Crippen LogP contribution in [0.4, 0.5) is 14.5 Å². The van der Waals surface area contributed by atoms with Crippen molar-refractivity contribution in [2.24, 2.45) is 0 Å². The summed E-state index contributed by atoms with van der Waals surface area (Å²) in [5, 5.41) is 5.32. The Balaban J connectivity index is 1.91. The Morgan fingerprint density at radius 2 is 1.89 bits per heavy atom. The van der Waals surface area contributed by atoms with E-state index < -0.39 is 26.4 Å². The average Bonchev–Trinajstić information content (AvgIpc) is 3.08. The molecule has 0 aliphatic rings. The Morgan fingerprint density at radius 3 is 2.56 bits per heavy atom. The molecule has 140 valence electrons. The predicted molar refractivity (Wildman–Crippen MR) is 99.9 cm³/mol. The van der Waals surface area contributed by atoms with Crippen molar-refractivity contribution in [3.63, 3.8) is 0 Å². The molecule has 3 rings (SSSR count). The van der Waals surface area contributed by atoms with E-state index in [0.717, 1.165) is 22.3 Å². The van der Waals surface area contributed by atoms with Gasteiger partial charge in [0.05, 0.1) is 21.2 Å². The second-order valence-corrected chi connectivity index (χ2v) is 8.54. The molecule has 0 saturated heterocycles. The van der Waals surface area contributed by atoms with E-state index in [4.69, 9.17) is 0 Å². The number of nitrogens with one attached hydrogen (secondary N) is 1. The number of aromatic nitrogens is 1. The summed E-state index contributed by atoms with van der Waals surface area (Å²) in [6, 6.07) is 11.7. The first-order chi connectivity index (χ1) is 12.8. The van der Waals surface area contributed by atoms with Crippen LogP contribution in [0.15, 0.2) is 58.8 Å². The number of carbonyl (C=O) groups is 1. The van der Waals surface area contributed by atoms with Crippen LogP contribution < -0.4 is 5.32 Å². The second kappa shape index (κ2) is 7.53. The van der Waals surface area contributed by atoms with Gasteiger partial charge in [0.15, 0.2) is 0 Å². The largest absolute Gasteiger partial charge is 0.341 e. The highest BCUT2D eigenvalue weighted by Crippen LogP contribution is 2.26. The van der Waals surface area contributed by atoms with Gasteiger partial charge < -0.3 is 5.32 Å². The van der Waals surface area contributed by atoms with Gasteiger partial charge in [0.2, 0.25) is 9.84 Å². The van der Waals surface area contributed by atoms with Gasteiger partial charge in [0, 0.05) is 16.6 Å². The first kappa shape index (κ1) is 19.1. The molecule has 3 aromatic rings. The topological polar surface area (TPSA) is 76.1 Å². The van der Waals surface area contributed by atoms with E-state index in [1.165, 1.54) is 29.5 Å². The zero-order chi connectivity index (χ0) is 19.6. The number of halogens is 2. The van der Waals surface area contributed by atoms with Gasteiger partial charge in [-0.05, 0) is 31.2 Å². The lowest BCUT2D eigenvalue weighted by molar-refractivity contribution is 0.102. The van der Waals surface area contributed by atoms with E-state index >= 15 is 0 Å². The first-order valence-corrected chi connectivity index (χ1v) is 10.2. The van der Waals surface area contributed by atoms with Crippen LogP contribution in [-0.4, -0.2) is 25.1 Å². The SMILES string of the molecule is Cc1nc(-c2cccc(NC(=O)c3ccccc3S(=O)(=O)C(F)F)c2)cs1. The average molecular weight is 408 g/mol. The molecule has 0 aliphatic heterocycles. The summed E-state index contributed by atoms with van der Waals surface area (Å²) in [4.78, 5) is 16.2. The van der Waals surface area contributed by atoms with Crippen LogP contribution >= 0.6 is 11.3 Å². The van der Waals surface area contributed by atoms with Crippen molar-refractivity contribution in [1.82, 2.24) is 4.98 Å². The van der Waals surface area contributed by atoms with Gasteiger partial charge in [-0.25, -0.2) is 13.4 Å².